The summed E-state index contributed by atoms with van der Waals surface area (Å²) in [7, 11) is 0. The summed E-state index contributed by atoms with van der Waals surface area (Å²) in [5.41, 5.74) is 0.846. The van der Waals surface area contributed by atoms with Gasteiger partial charge in [0.25, 0.3) is 5.91 Å². The van der Waals surface area contributed by atoms with Gasteiger partial charge >= 0.3 is 0 Å². The molecule has 0 saturated carbocycles. The van der Waals surface area contributed by atoms with Crippen molar-refractivity contribution in [3.05, 3.63) is 76.8 Å². The maximum atomic E-state index is 12.8. The van der Waals surface area contributed by atoms with Crippen LogP contribution in [0.5, 0.6) is 0 Å². The molecule has 1 N–H and O–H groups in total. The molecule has 2 aromatic rings. The van der Waals surface area contributed by atoms with Crippen LogP contribution in [-0.4, -0.2) is 11.0 Å². The highest BCUT2D eigenvalue weighted by Gasteiger charge is 2.49. The van der Waals surface area contributed by atoms with Gasteiger partial charge in [-0.1, -0.05) is 48.5 Å². The molecule has 112 valence electrons. The van der Waals surface area contributed by atoms with Crippen molar-refractivity contribution in [3.8, 4) is 0 Å². The number of benzene rings is 2. The summed E-state index contributed by atoms with van der Waals surface area (Å²) < 4.78 is 0.800. The SMILES string of the molecule is C=CCC1(O)C(=O)N(Cc2ccccc2)c2c(Br)cccc21. The van der Waals surface area contributed by atoms with Gasteiger partial charge in [0, 0.05) is 16.5 Å². The number of para-hydroxylation sites is 1. The number of fused-ring (bicyclic) bond motifs is 1. The highest BCUT2D eigenvalue weighted by atomic mass is 79.9. The number of hydrogen-bond acceptors (Lipinski definition) is 2. The number of aliphatic hydroxyl groups is 1. The van der Waals surface area contributed by atoms with Gasteiger partial charge in [0.1, 0.15) is 0 Å². The largest absolute Gasteiger partial charge is 0.375 e. The number of hydrogen-bond donors (Lipinski definition) is 1. The van der Waals surface area contributed by atoms with Crippen molar-refractivity contribution < 1.29 is 9.90 Å². The third-order valence-electron chi connectivity index (χ3n) is 3.92. The van der Waals surface area contributed by atoms with Crippen molar-refractivity contribution >= 4 is 27.5 Å². The number of carbonyl (C=O) groups excluding carboxylic acids is 1. The van der Waals surface area contributed by atoms with E-state index in [1.807, 2.05) is 42.5 Å². The van der Waals surface area contributed by atoms with Gasteiger partial charge in [0.2, 0.25) is 0 Å². The fourth-order valence-corrected chi connectivity index (χ4v) is 3.47. The smallest absolute Gasteiger partial charge is 0.264 e. The topological polar surface area (TPSA) is 40.5 Å². The van der Waals surface area contributed by atoms with Crippen LogP contribution in [0.3, 0.4) is 0 Å². The maximum Gasteiger partial charge on any atom is 0.264 e. The van der Waals surface area contributed by atoms with Crippen LogP contribution < -0.4 is 4.90 Å². The zero-order chi connectivity index (χ0) is 15.7. The van der Waals surface area contributed by atoms with Crippen LogP contribution in [0.25, 0.3) is 0 Å². The summed E-state index contributed by atoms with van der Waals surface area (Å²) in [5.74, 6) is -0.307. The summed E-state index contributed by atoms with van der Waals surface area (Å²) in [5, 5.41) is 10.9. The van der Waals surface area contributed by atoms with E-state index >= 15 is 0 Å². The second-order valence-electron chi connectivity index (χ2n) is 5.37. The Morgan fingerprint density at radius 2 is 1.91 bits per heavy atom. The molecule has 0 spiro atoms. The number of anilines is 1. The lowest BCUT2D eigenvalue weighted by Gasteiger charge is -2.22. The van der Waals surface area contributed by atoms with Gasteiger partial charge in [-0.05, 0) is 27.6 Å². The quantitative estimate of drug-likeness (QED) is 0.846. The van der Waals surface area contributed by atoms with Crippen LogP contribution in [0.15, 0.2) is 65.7 Å². The van der Waals surface area contributed by atoms with E-state index in [1.54, 1.807) is 17.0 Å². The van der Waals surface area contributed by atoms with E-state index in [1.165, 1.54) is 0 Å². The Hall–Kier alpha value is -1.91. The number of rotatable bonds is 4. The van der Waals surface area contributed by atoms with Gasteiger partial charge in [0.15, 0.2) is 5.60 Å². The molecule has 1 heterocycles. The molecule has 1 unspecified atom stereocenters. The molecule has 3 nitrogen and oxygen atoms in total. The van der Waals surface area contributed by atoms with E-state index in [-0.39, 0.29) is 12.3 Å². The highest BCUT2D eigenvalue weighted by Crippen LogP contribution is 2.46. The maximum absolute atomic E-state index is 12.8. The molecule has 22 heavy (non-hydrogen) atoms. The first-order valence-electron chi connectivity index (χ1n) is 7.06. The van der Waals surface area contributed by atoms with Gasteiger partial charge < -0.3 is 10.0 Å². The molecule has 1 aliphatic rings. The lowest BCUT2D eigenvalue weighted by atomic mass is 9.92. The first-order valence-corrected chi connectivity index (χ1v) is 7.85. The molecule has 4 heteroatoms. The summed E-state index contributed by atoms with van der Waals surface area (Å²) in [6.45, 7) is 4.09. The molecule has 0 radical (unpaired) electrons. The van der Waals surface area contributed by atoms with Crippen LogP contribution >= 0.6 is 15.9 Å². The molecule has 3 rings (SSSR count). The van der Waals surface area contributed by atoms with Crippen molar-refractivity contribution in [3.63, 3.8) is 0 Å². The number of amides is 1. The minimum Gasteiger partial charge on any atom is -0.375 e. The van der Waals surface area contributed by atoms with Gasteiger partial charge in [-0.15, -0.1) is 6.58 Å². The lowest BCUT2D eigenvalue weighted by Crippen LogP contribution is -2.39. The Morgan fingerprint density at radius 1 is 1.18 bits per heavy atom. The third-order valence-corrected chi connectivity index (χ3v) is 4.56. The van der Waals surface area contributed by atoms with Crippen molar-refractivity contribution in [2.75, 3.05) is 4.90 Å². The summed E-state index contributed by atoms with van der Waals surface area (Å²) in [6, 6.07) is 15.3. The van der Waals surface area contributed by atoms with E-state index in [2.05, 4.69) is 22.5 Å². The fraction of sp³-hybridized carbons (Fsp3) is 0.167. The molecular weight excluding hydrogens is 342 g/mol. The molecule has 0 aromatic heterocycles. The van der Waals surface area contributed by atoms with Gasteiger partial charge in [-0.3, -0.25) is 4.79 Å². The number of nitrogens with zero attached hydrogens (tertiary/aromatic N) is 1. The van der Waals surface area contributed by atoms with Crippen molar-refractivity contribution in [2.45, 2.75) is 18.6 Å². The van der Waals surface area contributed by atoms with Crippen molar-refractivity contribution in [1.82, 2.24) is 0 Å². The molecule has 2 aromatic carbocycles. The Morgan fingerprint density at radius 3 is 2.59 bits per heavy atom. The minimum atomic E-state index is -1.53. The summed E-state index contributed by atoms with van der Waals surface area (Å²) >= 11 is 3.50. The number of halogens is 1. The van der Waals surface area contributed by atoms with E-state index in [9.17, 15) is 9.90 Å². The Kier molecular flexibility index (Phi) is 3.89. The molecule has 0 bridgehead atoms. The number of carbonyl (C=O) groups is 1. The second-order valence-corrected chi connectivity index (χ2v) is 6.22. The predicted molar refractivity (Wildman–Crippen MR) is 90.5 cm³/mol. The van der Waals surface area contributed by atoms with E-state index < -0.39 is 5.60 Å². The van der Waals surface area contributed by atoms with Crippen LogP contribution in [0.4, 0.5) is 5.69 Å². The van der Waals surface area contributed by atoms with Crippen LogP contribution in [0, 0.1) is 0 Å². The summed E-state index contributed by atoms with van der Waals surface area (Å²) in [6.07, 6.45) is 1.77. The fourth-order valence-electron chi connectivity index (χ4n) is 2.89. The minimum absolute atomic E-state index is 0.195. The molecule has 0 saturated heterocycles. The molecule has 0 fully saturated rings. The zero-order valence-electron chi connectivity index (χ0n) is 12.0. The first kappa shape index (κ1) is 15.0. The standard InChI is InChI=1S/C18H16BrNO2/c1-2-11-18(22)14-9-6-10-15(19)16(14)20(17(18)21)12-13-7-4-3-5-8-13/h2-10,22H,1,11-12H2. The van der Waals surface area contributed by atoms with Crippen LogP contribution in [0.2, 0.25) is 0 Å². The van der Waals surface area contributed by atoms with Crippen LogP contribution in [0.1, 0.15) is 17.5 Å². The van der Waals surface area contributed by atoms with Gasteiger partial charge in [0.05, 0.1) is 12.2 Å². The van der Waals surface area contributed by atoms with E-state index in [0.717, 1.165) is 15.7 Å². The highest BCUT2D eigenvalue weighted by molar-refractivity contribution is 9.10. The normalized spacial score (nSPS) is 20.1. The Balaban J connectivity index is 2.09. The monoisotopic (exact) mass is 357 g/mol. The third kappa shape index (κ3) is 2.28. The van der Waals surface area contributed by atoms with Gasteiger partial charge in [-0.2, -0.15) is 0 Å². The Bertz CT molecular complexity index is 729. The molecule has 1 atom stereocenters. The van der Waals surface area contributed by atoms with E-state index in [0.29, 0.717) is 12.1 Å². The van der Waals surface area contributed by atoms with Gasteiger partial charge in [-0.25, -0.2) is 0 Å². The average molecular weight is 358 g/mol. The molecular formula is C18H16BrNO2. The zero-order valence-corrected chi connectivity index (χ0v) is 13.6. The molecule has 1 amide bonds. The molecule has 0 aliphatic carbocycles. The lowest BCUT2D eigenvalue weighted by molar-refractivity contribution is -0.135. The first-order chi connectivity index (χ1) is 10.6. The molecule has 1 aliphatic heterocycles. The van der Waals surface area contributed by atoms with Crippen LogP contribution in [-0.2, 0) is 16.9 Å². The van der Waals surface area contributed by atoms with Crippen molar-refractivity contribution in [1.29, 1.82) is 0 Å². The van der Waals surface area contributed by atoms with Crippen molar-refractivity contribution in [2.24, 2.45) is 0 Å². The van der Waals surface area contributed by atoms with E-state index in [4.69, 9.17) is 0 Å². The summed E-state index contributed by atoms with van der Waals surface area (Å²) in [4.78, 5) is 14.5. The Labute approximate surface area is 138 Å². The predicted octanol–water partition coefficient (Wildman–Crippen LogP) is 3.76. The second kappa shape index (κ2) is 5.71. The average Bonchev–Trinajstić information content (AvgIpc) is 2.72.